The van der Waals surface area contributed by atoms with E-state index >= 15 is 0 Å². The zero-order valence-electron chi connectivity index (χ0n) is 14.4. The SMILES string of the molecule is COc1ccc(CCn2ccc3c(nnc4ccnn43)c2=O)cc1OC. The van der Waals surface area contributed by atoms with Crippen LogP contribution in [-0.2, 0) is 13.0 Å². The van der Waals surface area contributed by atoms with Gasteiger partial charge in [-0.15, -0.1) is 10.2 Å². The zero-order valence-corrected chi connectivity index (χ0v) is 14.4. The van der Waals surface area contributed by atoms with Gasteiger partial charge >= 0.3 is 0 Å². The molecular formula is C18H17N5O3. The van der Waals surface area contributed by atoms with Crippen LogP contribution < -0.4 is 15.0 Å². The Labute approximate surface area is 148 Å². The van der Waals surface area contributed by atoms with Crippen molar-refractivity contribution in [3.63, 3.8) is 0 Å². The van der Waals surface area contributed by atoms with Gasteiger partial charge in [-0.05, 0) is 30.2 Å². The maximum atomic E-state index is 12.7. The molecule has 0 saturated heterocycles. The van der Waals surface area contributed by atoms with E-state index in [1.807, 2.05) is 24.3 Å². The van der Waals surface area contributed by atoms with E-state index in [1.165, 1.54) is 0 Å². The molecule has 0 bridgehead atoms. The highest BCUT2D eigenvalue weighted by Crippen LogP contribution is 2.27. The highest BCUT2D eigenvalue weighted by atomic mass is 16.5. The van der Waals surface area contributed by atoms with Gasteiger partial charge in [0.05, 0.1) is 20.4 Å². The van der Waals surface area contributed by atoms with Gasteiger partial charge in [-0.1, -0.05) is 6.07 Å². The maximum Gasteiger partial charge on any atom is 0.280 e. The van der Waals surface area contributed by atoms with Crippen LogP contribution in [-0.4, -0.2) is 38.6 Å². The summed E-state index contributed by atoms with van der Waals surface area (Å²) in [4.78, 5) is 12.7. The van der Waals surface area contributed by atoms with Crippen molar-refractivity contribution >= 4 is 16.7 Å². The molecule has 1 aromatic carbocycles. The molecule has 0 radical (unpaired) electrons. The van der Waals surface area contributed by atoms with E-state index < -0.39 is 0 Å². The molecule has 0 spiro atoms. The minimum Gasteiger partial charge on any atom is -0.493 e. The summed E-state index contributed by atoms with van der Waals surface area (Å²) in [5.41, 5.74) is 2.42. The van der Waals surface area contributed by atoms with Crippen LogP contribution in [0.15, 0.2) is 47.5 Å². The molecule has 4 aromatic rings. The van der Waals surface area contributed by atoms with E-state index in [4.69, 9.17) is 9.47 Å². The Bertz CT molecular complexity index is 1150. The quantitative estimate of drug-likeness (QED) is 0.544. The predicted molar refractivity (Wildman–Crippen MR) is 95.8 cm³/mol. The van der Waals surface area contributed by atoms with Crippen molar-refractivity contribution in [1.82, 2.24) is 24.4 Å². The minimum atomic E-state index is -0.187. The summed E-state index contributed by atoms with van der Waals surface area (Å²) < 4.78 is 13.8. The van der Waals surface area contributed by atoms with Gasteiger partial charge in [0.15, 0.2) is 22.7 Å². The first-order chi connectivity index (χ1) is 12.7. The number of benzene rings is 1. The van der Waals surface area contributed by atoms with E-state index in [2.05, 4.69) is 15.3 Å². The van der Waals surface area contributed by atoms with Gasteiger partial charge in [0.2, 0.25) is 0 Å². The van der Waals surface area contributed by atoms with Crippen molar-refractivity contribution in [3.05, 3.63) is 58.6 Å². The standard InChI is InChI=1S/C18H17N5O3/c1-25-14-4-3-12(11-15(14)26-2)6-9-22-10-7-13-17(18(22)24)21-20-16-5-8-19-23(13)16/h3-5,7-8,10-11H,6,9H2,1-2H3. The van der Waals surface area contributed by atoms with Gasteiger partial charge in [-0.3, -0.25) is 4.79 Å². The molecule has 8 nitrogen and oxygen atoms in total. The van der Waals surface area contributed by atoms with Gasteiger partial charge < -0.3 is 14.0 Å². The molecule has 0 N–H and O–H groups in total. The normalized spacial score (nSPS) is 11.2. The fraction of sp³-hybridized carbons (Fsp3) is 0.222. The molecule has 0 amide bonds. The molecule has 3 heterocycles. The molecule has 26 heavy (non-hydrogen) atoms. The smallest absolute Gasteiger partial charge is 0.280 e. The van der Waals surface area contributed by atoms with Crippen molar-refractivity contribution in [1.29, 1.82) is 0 Å². The van der Waals surface area contributed by atoms with E-state index in [-0.39, 0.29) is 5.56 Å². The highest BCUT2D eigenvalue weighted by molar-refractivity contribution is 5.74. The first kappa shape index (κ1) is 16.1. The lowest BCUT2D eigenvalue weighted by atomic mass is 10.1. The second kappa shape index (κ2) is 6.47. The molecule has 0 aliphatic heterocycles. The monoisotopic (exact) mass is 351 g/mol. The predicted octanol–water partition coefficient (Wildman–Crippen LogP) is 1.70. The van der Waals surface area contributed by atoms with Gasteiger partial charge in [0.25, 0.3) is 5.56 Å². The number of rotatable bonds is 5. The molecule has 8 heteroatoms. The molecule has 0 saturated carbocycles. The van der Waals surface area contributed by atoms with Crippen LogP contribution in [0.1, 0.15) is 5.56 Å². The van der Waals surface area contributed by atoms with E-state index in [0.717, 1.165) is 5.56 Å². The molecule has 4 rings (SSSR count). The Kier molecular flexibility index (Phi) is 4.00. The van der Waals surface area contributed by atoms with Crippen LogP contribution in [0.2, 0.25) is 0 Å². The maximum absolute atomic E-state index is 12.7. The molecule has 132 valence electrons. The summed E-state index contributed by atoms with van der Waals surface area (Å²) in [7, 11) is 3.20. The fourth-order valence-corrected chi connectivity index (χ4v) is 2.94. The average Bonchev–Trinajstić information content (AvgIpc) is 3.16. The molecule has 0 fully saturated rings. The number of hydrogen-bond donors (Lipinski definition) is 0. The van der Waals surface area contributed by atoms with Crippen LogP contribution in [0, 0.1) is 0 Å². The third-order valence-electron chi connectivity index (χ3n) is 4.31. The van der Waals surface area contributed by atoms with Crippen LogP contribution >= 0.6 is 0 Å². The average molecular weight is 351 g/mol. The fourth-order valence-electron chi connectivity index (χ4n) is 2.94. The second-order valence-corrected chi connectivity index (χ2v) is 5.79. The van der Waals surface area contributed by atoms with Gasteiger partial charge in [0, 0.05) is 18.8 Å². The topological polar surface area (TPSA) is 83.5 Å². The van der Waals surface area contributed by atoms with Crippen molar-refractivity contribution in [3.8, 4) is 11.5 Å². The Morgan fingerprint density at radius 1 is 1.04 bits per heavy atom. The molecule has 3 aromatic heterocycles. The molecule has 0 unspecified atom stereocenters. The summed E-state index contributed by atoms with van der Waals surface area (Å²) in [5.74, 6) is 1.35. The third kappa shape index (κ3) is 2.65. The minimum absolute atomic E-state index is 0.187. The van der Waals surface area contributed by atoms with E-state index in [9.17, 15) is 4.79 Å². The van der Waals surface area contributed by atoms with Crippen molar-refractivity contribution in [2.24, 2.45) is 0 Å². The van der Waals surface area contributed by atoms with Crippen LogP contribution in [0.5, 0.6) is 11.5 Å². The highest BCUT2D eigenvalue weighted by Gasteiger charge is 2.10. The summed E-state index contributed by atoms with van der Waals surface area (Å²) in [6, 6.07) is 9.31. The van der Waals surface area contributed by atoms with Crippen molar-refractivity contribution < 1.29 is 9.47 Å². The number of fused-ring (bicyclic) bond motifs is 3. The van der Waals surface area contributed by atoms with E-state index in [0.29, 0.717) is 41.1 Å². The number of hydrogen-bond acceptors (Lipinski definition) is 6. The second-order valence-electron chi connectivity index (χ2n) is 5.79. The summed E-state index contributed by atoms with van der Waals surface area (Å²) in [6.07, 6.45) is 4.06. The Hall–Kier alpha value is -3.42. The zero-order chi connectivity index (χ0) is 18.1. The Balaban J connectivity index is 1.64. The summed E-state index contributed by atoms with van der Waals surface area (Å²) in [5, 5.41) is 12.3. The number of aryl methyl sites for hydroxylation is 2. The number of pyridine rings is 1. The lowest BCUT2D eigenvalue weighted by Crippen LogP contribution is -2.22. The summed E-state index contributed by atoms with van der Waals surface area (Å²) >= 11 is 0. The molecule has 0 atom stereocenters. The molecule has 0 aliphatic carbocycles. The number of aromatic nitrogens is 5. The largest absolute Gasteiger partial charge is 0.493 e. The number of methoxy groups -OCH3 is 2. The van der Waals surface area contributed by atoms with Gasteiger partial charge in [-0.25, -0.2) is 4.52 Å². The molecular weight excluding hydrogens is 334 g/mol. The van der Waals surface area contributed by atoms with Crippen LogP contribution in [0.3, 0.4) is 0 Å². The Morgan fingerprint density at radius 2 is 1.88 bits per heavy atom. The third-order valence-corrected chi connectivity index (χ3v) is 4.31. The van der Waals surface area contributed by atoms with Crippen LogP contribution in [0.4, 0.5) is 0 Å². The van der Waals surface area contributed by atoms with Crippen molar-refractivity contribution in [2.75, 3.05) is 14.2 Å². The number of ether oxygens (including phenoxy) is 2. The first-order valence-corrected chi connectivity index (χ1v) is 8.12. The first-order valence-electron chi connectivity index (χ1n) is 8.12. The summed E-state index contributed by atoms with van der Waals surface area (Å²) in [6.45, 7) is 0.517. The van der Waals surface area contributed by atoms with Crippen LogP contribution in [0.25, 0.3) is 16.7 Å². The van der Waals surface area contributed by atoms with Crippen molar-refractivity contribution in [2.45, 2.75) is 13.0 Å². The lowest BCUT2D eigenvalue weighted by molar-refractivity contribution is 0.354. The number of nitrogens with zero attached hydrogens (tertiary/aromatic N) is 5. The van der Waals surface area contributed by atoms with Gasteiger partial charge in [0.1, 0.15) is 5.52 Å². The Morgan fingerprint density at radius 3 is 2.69 bits per heavy atom. The van der Waals surface area contributed by atoms with Gasteiger partial charge in [-0.2, -0.15) is 5.10 Å². The lowest BCUT2D eigenvalue weighted by Gasteiger charge is -2.11. The molecule has 0 aliphatic rings. The van der Waals surface area contributed by atoms with E-state index in [1.54, 1.807) is 41.8 Å².